The molecule has 0 aromatic rings. The molecule has 35 heavy (non-hydrogen) atoms. The largest absolute Gasteiger partial charge is 0.457 e. The summed E-state index contributed by atoms with van der Waals surface area (Å²) >= 11 is 0. The van der Waals surface area contributed by atoms with Crippen LogP contribution >= 0.6 is 0 Å². The van der Waals surface area contributed by atoms with Gasteiger partial charge in [-0.05, 0) is 63.9 Å². The molecule has 2 saturated heterocycles. The lowest BCUT2D eigenvalue weighted by Crippen LogP contribution is -2.40. The van der Waals surface area contributed by atoms with Crippen LogP contribution in [0.3, 0.4) is 0 Å². The maximum atomic E-state index is 12.9. The van der Waals surface area contributed by atoms with E-state index in [9.17, 15) is 9.90 Å². The molecule has 0 amide bonds. The summed E-state index contributed by atoms with van der Waals surface area (Å²) in [7, 11) is 0. The molecule has 3 heterocycles. The van der Waals surface area contributed by atoms with Gasteiger partial charge in [0.2, 0.25) is 0 Å². The molecule has 8 atom stereocenters. The van der Waals surface area contributed by atoms with Crippen LogP contribution in [0.4, 0.5) is 0 Å². The monoisotopic (exact) mass is 486 g/mol. The summed E-state index contributed by atoms with van der Waals surface area (Å²) in [5.41, 5.74) is 1.32. The number of hydrogen-bond acceptors (Lipinski definition) is 5. The maximum absolute atomic E-state index is 12.9. The molecule has 3 aliphatic rings. The highest BCUT2D eigenvalue weighted by atomic mass is 16.6. The van der Waals surface area contributed by atoms with E-state index in [4.69, 9.17) is 14.2 Å². The topological polar surface area (TPSA) is 65.0 Å². The molecule has 3 aliphatic heterocycles. The molecule has 196 valence electrons. The second-order valence-electron chi connectivity index (χ2n) is 10.8. The third-order valence-electron chi connectivity index (χ3n) is 7.44. The van der Waals surface area contributed by atoms with Gasteiger partial charge in [-0.2, -0.15) is 0 Å². The summed E-state index contributed by atoms with van der Waals surface area (Å²) < 4.78 is 18.6. The van der Waals surface area contributed by atoms with Gasteiger partial charge in [0.05, 0.1) is 36.9 Å². The second-order valence-corrected chi connectivity index (χ2v) is 10.8. The summed E-state index contributed by atoms with van der Waals surface area (Å²) in [6.45, 7) is 8.56. The van der Waals surface area contributed by atoms with Crippen molar-refractivity contribution < 1.29 is 24.1 Å². The van der Waals surface area contributed by atoms with E-state index in [2.05, 4.69) is 45.9 Å². The van der Waals surface area contributed by atoms with Gasteiger partial charge in [-0.25, -0.2) is 0 Å². The van der Waals surface area contributed by atoms with Crippen LogP contribution in [0.25, 0.3) is 0 Å². The molecule has 4 bridgehead atoms. The predicted octanol–water partition coefficient (Wildman–Crippen LogP) is 6.23. The SMILES string of the molecule is CC/C(C)=C/C=C\C=C\C1OC(=O)CC2C[C@H](O)C[C@H](CC3CCC[C@H](C[C@@H](C)/C=C/[C@@H]1C)O3)O2. The highest BCUT2D eigenvalue weighted by Gasteiger charge is 2.34. The lowest BCUT2D eigenvalue weighted by Gasteiger charge is -2.37. The van der Waals surface area contributed by atoms with Crippen LogP contribution < -0.4 is 0 Å². The fourth-order valence-electron chi connectivity index (χ4n) is 5.24. The van der Waals surface area contributed by atoms with Gasteiger partial charge < -0.3 is 19.3 Å². The Hall–Kier alpha value is -1.69. The number of fused-ring (bicyclic) bond motifs is 4. The number of carbonyl (C=O) groups excluding carboxylic acids is 1. The van der Waals surface area contributed by atoms with Crippen molar-refractivity contribution in [2.75, 3.05) is 0 Å². The van der Waals surface area contributed by atoms with Crippen molar-refractivity contribution in [3.8, 4) is 0 Å². The van der Waals surface area contributed by atoms with Crippen LogP contribution in [0.1, 0.15) is 85.5 Å². The first-order valence-electron chi connectivity index (χ1n) is 13.7. The van der Waals surface area contributed by atoms with Gasteiger partial charge in [0.25, 0.3) is 0 Å². The Balaban J connectivity index is 1.76. The van der Waals surface area contributed by atoms with Gasteiger partial charge in [0.1, 0.15) is 6.10 Å². The summed E-state index contributed by atoms with van der Waals surface area (Å²) in [4.78, 5) is 12.9. The predicted molar refractivity (Wildman–Crippen MR) is 140 cm³/mol. The molecule has 2 fully saturated rings. The molecule has 5 nitrogen and oxygen atoms in total. The first-order chi connectivity index (χ1) is 16.8. The zero-order valence-corrected chi connectivity index (χ0v) is 22.1. The van der Waals surface area contributed by atoms with Crippen LogP contribution in [0.15, 0.2) is 48.1 Å². The van der Waals surface area contributed by atoms with Crippen molar-refractivity contribution >= 4 is 5.97 Å². The minimum absolute atomic E-state index is 0.0394. The maximum Gasteiger partial charge on any atom is 0.309 e. The van der Waals surface area contributed by atoms with Crippen molar-refractivity contribution in [3.63, 3.8) is 0 Å². The molecule has 0 aromatic heterocycles. The number of aliphatic hydroxyl groups excluding tert-OH is 1. The highest BCUT2D eigenvalue weighted by Crippen LogP contribution is 2.31. The zero-order chi connectivity index (χ0) is 25.2. The summed E-state index contributed by atoms with van der Waals surface area (Å²) in [6, 6.07) is 0. The average molecular weight is 487 g/mol. The van der Waals surface area contributed by atoms with Gasteiger partial charge in [-0.3, -0.25) is 4.79 Å². The second kappa shape index (κ2) is 14.2. The summed E-state index contributed by atoms with van der Waals surface area (Å²) in [5, 5.41) is 10.5. The van der Waals surface area contributed by atoms with E-state index in [-0.39, 0.29) is 48.8 Å². The Bertz CT molecular complexity index is 782. The van der Waals surface area contributed by atoms with Gasteiger partial charge in [-0.15, -0.1) is 0 Å². The Labute approximate surface area is 212 Å². The molecule has 0 aromatic carbocycles. The lowest BCUT2D eigenvalue weighted by molar-refractivity contribution is -0.161. The quantitative estimate of drug-likeness (QED) is 0.290. The third-order valence-corrected chi connectivity index (χ3v) is 7.44. The number of carbonyl (C=O) groups is 1. The third kappa shape index (κ3) is 9.70. The van der Waals surface area contributed by atoms with Gasteiger partial charge in [0, 0.05) is 12.3 Å². The molecular formula is C30H46O5. The Morgan fingerprint density at radius 1 is 0.971 bits per heavy atom. The molecule has 0 radical (unpaired) electrons. The summed E-state index contributed by atoms with van der Waals surface area (Å²) in [6.07, 6.45) is 21.0. The van der Waals surface area contributed by atoms with Crippen LogP contribution in [0, 0.1) is 11.8 Å². The number of esters is 1. The smallest absolute Gasteiger partial charge is 0.309 e. The Morgan fingerprint density at radius 3 is 2.46 bits per heavy atom. The first-order valence-corrected chi connectivity index (χ1v) is 13.7. The van der Waals surface area contributed by atoms with E-state index in [0.29, 0.717) is 18.8 Å². The lowest BCUT2D eigenvalue weighted by atomic mass is 9.90. The van der Waals surface area contributed by atoms with E-state index < -0.39 is 6.10 Å². The van der Waals surface area contributed by atoms with Crippen LogP contribution in [0.5, 0.6) is 0 Å². The molecule has 3 rings (SSSR count). The van der Waals surface area contributed by atoms with Crippen molar-refractivity contribution in [1.82, 2.24) is 0 Å². The number of hydrogen-bond donors (Lipinski definition) is 1. The fourth-order valence-corrected chi connectivity index (χ4v) is 5.24. The van der Waals surface area contributed by atoms with E-state index in [1.807, 2.05) is 24.3 Å². The molecule has 0 aliphatic carbocycles. The highest BCUT2D eigenvalue weighted by molar-refractivity contribution is 5.70. The van der Waals surface area contributed by atoms with Gasteiger partial charge >= 0.3 is 5.97 Å². The van der Waals surface area contributed by atoms with Crippen molar-refractivity contribution in [2.45, 2.75) is 122 Å². The fraction of sp³-hybridized carbons (Fsp3) is 0.700. The molecule has 3 unspecified atom stereocenters. The standard InChI is InChI=1S/C30H46O5/c1-5-21(2)10-7-6-8-13-29-23(4)15-14-22(3)16-25-11-9-12-26(33-25)19-27-17-24(31)18-28(34-27)20-30(32)35-29/h6-8,10,13-15,22-29,31H,5,9,11-12,16-20H2,1-4H3/b7-6-,13-8+,15-14+,21-10+/t22-,23-,24+,25+,26?,27+,28?,29?/m0/s1. The number of ether oxygens (including phenoxy) is 3. The van der Waals surface area contributed by atoms with Gasteiger partial charge in [0.15, 0.2) is 0 Å². The molecule has 0 saturated carbocycles. The minimum atomic E-state index is -0.452. The van der Waals surface area contributed by atoms with Crippen LogP contribution in [-0.2, 0) is 19.0 Å². The Morgan fingerprint density at radius 2 is 1.69 bits per heavy atom. The Kier molecular flexibility index (Phi) is 11.3. The molecular weight excluding hydrogens is 440 g/mol. The van der Waals surface area contributed by atoms with Gasteiger partial charge in [-0.1, -0.05) is 62.8 Å². The van der Waals surface area contributed by atoms with E-state index in [1.165, 1.54) is 12.0 Å². The zero-order valence-electron chi connectivity index (χ0n) is 22.1. The van der Waals surface area contributed by atoms with E-state index in [0.717, 1.165) is 32.1 Å². The van der Waals surface area contributed by atoms with Crippen LogP contribution in [-0.4, -0.2) is 47.7 Å². The van der Waals surface area contributed by atoms with Crippen LogP contribution in [0.2, 0.25) is 0 Å². The minimum Gasteiger partial charge on any atom is -0.457 e. The number of cyclic esters (lactones) is 1. The number of aliphatic hydroxyl groups is 1. The van der Waals surface area contributed by atoms with Crippen molar-refractivity contribution in [1.29, 1.82) is 0 Å². The number of allylic oxidation sites excluding steroid dienone is 6. The first kappa shape index (κ1) is 27.9. The number of rotatable bonds is 4. The van der Waals surface area contributed by atoms with Crippen molar-refractivity contribution in [3.05, 3.63) is 48.1 Å². The van der Waals surface area contributed by atoms with E-state index >= 15 is 0 Å². The molecule has 0 spiro atoms. The van der Waals surface area contributed by atoms with E-state index in [1.54, 1.807) is 0 Å². The van der Waals surface area contributed by atoms with Crippen molar-refractivity contribution in [2.24, 2.45) is 11.8 Å². The summed E-state index contributed by atoms with van der Waals surface area (Å²) in [5.74, 6) is 0.142. The molecule has 5 heteroatoms. The normalized spacial score (nSPS) is 39.0. The molecule has 1 N–H and O–H groups in total. The average Bonchev–Trinajstić information content (AvgIpc) is 2.80.